The molecular formula is C13H19BrN2O3S. The van der Waals surface area contributed by atoms with E-state index in [1.54, 1.807) is 6.07 Å². The van der Waals surface area contributed by atoms with Crippen molar-refractivity contribution in [1.82, 2.24) is 9.62 Å². The van der Waals surface area contributed by atoms with Crippen LogP contribution in [-0.4, -0.2) is 32.4 Å². The smallest absolute Gasteiger partial charge is 0.247 e. The molecule has 1 aliphatic heterocycles. The van der Waals surface area contributed by atoms with Crippen LogP contribution in [-0.2, 0) is 16.6 Å². The van der Waals surface area contributed by atoms with Crippen LogP contribution in [0.2, 0.25) is 0 Å². The second kappa shape index (κ2) is 6.43. The first-order chi connectivity index (χ1) is 9.45. The van der Waals surface area contributed by atoms with E-state index >= 15 is 0 Å². The fourth-order valence-corrected chi connectivity index (χ4v) is 4.36. The lowest BCUT2D eigenvalue weighted by Gasteiger charge is -2.24. The Morgan fingerprint density at radius 1 is 1.50 bits per heavy atom. The molecule has 0 amide bonds. The van der Waals surface area contributed by atoms with Crippen molar-refractivity contribution in [2.24, 2.45) is 0 Å². The Morgan fingerprint density at radius 2 is 2.25 bits per heavy atom. The van der Waals surface area contributed by atoms with Crippen molar-refractivity contribution in [2.75, 3.05) is 19.6 Å². The molecule has 0 radical (unpaired) electrons. The minimum atomic E-state index is -3.50. The van der Waals surface area contributed by atoms with Gasteiger partial charge in [0.1, 0.15) is 10.7 Å². The molecule has 0 aromatic carbocycles. The molecule has 0 fully saturated rings. The van der Waals surface area contributed by atoms with Crippen LogP contribution in [0.15, 0.2) is 31.7 Å². The van der Waals surface area contributed by atoms with Crippen molar-refractivity contribution in [3.63, 3.8) is 0 Å². The summed E-state index contributed by atoms with van der Waals surface area (Å²) in [5.74, 6) is 0.612. The Hall–Kier alpha value is -0.630. The second-order valence-electron chi connectivity index (χ2n) is 4.79. The maximum atomic E-state index is 12.6. The number of hydrogen-bond donors (Lipinski definition) is 1. The molecule has 0 saturated heterocycles. The van der Waals surface area contributed by atoms with Crippen LogP contribution in [0.5, 0.6) is 0 Å². The van der Waals surface area contributed by atoms with Gasteiger partial charge in [0.25, 0.3) is 0 Å². The van der Waals surface area contributed by atoms with E-state index in [1.807, 2.05) is 19.9 Å². The number of halogens is 1. The third kappa shape index (κ3) is 3.33. The van der Waals surface area contributed by atoms with E-state index in [1.165, 1.54) is 9.88 Å². The number of rotatable bonds is 5. The standard InChI is InChI=1S/C13H19BrN2O3S/c1-3-15-9-11-8-12(13(14)19-11)20(17,18)16-6-4-10(2)5-7-16/h4,8,15H,3,5-7,9H2,1-2H3. The summed E-state index contributed by atoms with van der Waals surface area (Å²) in [6, 6.07) is 1.59. The van der Waals surface area contributed by atoms with E-state index in [0.29, 0.717) is 25.4 Å². The molecule has 5 nitrogen and oxygen atoms in total. The van der Waals surface area contributed by atoms with Crippen LogP contribution in [0.4, 0.5) is 0 Å². The van der Waals surface area contributed by atoms with Crippen LogP contribution >= 0.6 is 15.9 Å². The molecule has 1 aliphatic rings. The van der Waals surface area contributed by atoms with Gasteiger partial charge in [-0.1, -0.05) is 18.6 Å². The summed E-state index contributed by atoms with van der Waals surface area (Å²) in [5.41, 5.74) is 1.23. The molecule has 7 heteroatoms. The number of nitrogens with one attached hydrogen (secondary N) is 1. The van der Waals surface area contributed by atoms with Crippen molar-refractivity contribution in [3.8, 4) is 0 Å². The van der Waals surface area contributed by atoms with Crippen molar-refractivity contribution in [2.45, 2.75) is 31.7 Å². The number of nitrogens with zero attached hydrogens (tertiary/aromatic N) is 1. The largest absolute Gasteiger partial charge is 0.452 e. The fraction of sp³-hybridized carbons (Fsp3) is 0.538. The Bertz CT molecular complexity index is 607. The molecule has 0 spiro atoms. The lowest BCUT2D eigenvalue weighted by Crippen LogP contribution is -2.34. The highest BCUT2D eigenvalue weighted by molar-refractivity contribution is 9.10. The van der Waals surface area contributed by atoms with Gasteiger partial charge in [0.2, 0.25) is 10.0 Å². The molecule has 0 saturated carbocycles. The average Bonchev–Trinajstić information content (AvgIpc) is 2.79. The third-order valence-corrected chi connectivity index (χ3v) is 5.99. The molecule has 112 valence electrons. The van der Waals surface area contributed by atoms with Crippen molar-refractivity contribution in [3.05, 3.63) is 28.1 Å². The second-order valence-corrected chi connectivity index (χ2v) is 7.42. The summed E-state index contributed by atoms with van der Waals surface area (Å²) in [6.07, 6.45) is 2.73. The molecule has 1 aromatic rings. The Balaban J connectivity index is 2.23. The van der Waals surface area contributed by atoms with E-state index in [0.717, 1.165) is 13.0 Å². The SMILES string of the molecule is CCNCc1cc(S(=O)(=O)N2CC=C(C)CC2)c(Br)o1. The van der Waals surface area contributed by atoms with Gasteiger partial charge in [0.15, 0.2) is 4.67 Å². The summed E-state index contributed by atoms with van der Waals surface area (Å²) in [7, 11) is -3.50. The van der Waals surface area contributed by atoms with Crippen LogP contribution in [0, 0.1) is 0 Å². The normalized spacial score (nSPS) is 17.2. The molecule has 0 unspecified atom stereocenters. The maximum absolute atomic E-state index is 12.6. The van der Waals surface area contributed by atoms with Gasteiger partial charge in [-0.05, 0) is 35.8 Å². The van der Waals surface area contributed by atoms with E-state index in [-0.39, 0.29) is 9.56 Å². The summed E-state index contributed by atoms with van der Waals surface area (Å²) < 4.78 is 32.4. The first-order valence-electron chi connectivity index (χ1n) is 6.60. The summed E-state index contributed by atoms with van der Waals surface area (Å²) in [4.78, 5) is 0.207. The van der Waals surface area contributed by atoms with Gasteiger partial charge in [-0.3, -0.25) is 0 Å². The molecule has 0 atom stereocenters. The Labute approximate surface area is 128 Å². The topological polar surface area (TPSA) is 62.6 Å². The van der Waals surface area contributed by atoms with Gasteiger partial charge in [0, 0.05) is 19.2 Å². The average molecular weight is 363 g/mol. The molecule has 0 aliphatic carbocycles. The molecule has 1 aromatic heterocycles. The highest BCUT2D eigenvalue weighted by Gasteiger charge is 2.30. The van der Waals surface area contributed by atoms with Crippen LogP contribution < -0.4 is 5.32 Å². The third-order valence-electron chi connectivity index (χ3n) is 3.27. The molecule has 2 heterocycles. The van der Waals surface area contributed by atoms with Crippen molar-refractivity contribution >= 4 is 26.0 Å². The van der Waals surface area contributed by atoms with Crippen molar-refractivity contribution < 1.29 is 12.8 Å². The van der Waals surface area contributed by atoms with E-state index in [9.17, 15) is 8.42 Å². The van der Waals surface area contributed by atoms with Crippen LogP contribution in [0.3, 0.4) is 0 Å². The molecule has 2 rings (SSSR count). The quantitative estimate of drug-likeness (QED) is 0.817. The molecule has 0 bridgehead atoms. The highest BCUT2D eigenvalue weighted by Crippen LogP contribution is 2.30. The lowest BCUT2D eigenvalue weighted by atomic mass is 10.1. The Morgan fingerprint density at radius 3 is 2.85 bits per heavy atom. The predicted molar refractivity (Wildman–Crippen MR) is 80.9 cm³/mol. The Kier molecular flexibility index (Phi) is 5.06. The highest BCUT2D eigenvalue weighted by atomic mass is 79.9. The molecule has 1 N–H and O–H groups in total. The first kappa shape index (κ1) is 15.8. The van der Waals surface area contributed by atoms with E-state index < -0.39 is 10.0 Å². The van der Waals surface area contributed by atoms with Gasteiger partial charge in [0.05, 0.1) is 6.54 Å². The van der Waals surface area contributed by atoms with Gasteiger partial charge in [-0.2, -0.15) is 4.31 Å². The van der Waals surface area contributed by atoms with E-state index in [4.69, 9.17) is 4.42 Å². The number of sulfonamides is 1. The first-order valence-corrected chi connectivity index (χ1v) is 8.83. The van der Waals surface area contributed by atoms with Crippen LogP contribution in [0.25, 0.3) is 0 Å². The summed E-state index contributed by atoms with van der Waals surface area (Å²) >= 11 is 3.21. The zero-order chi connectivity index (χ0) is 14.8. The zero-order valence-corrected chi connectivity index (χ0v) is 14.1. The van der Waals surface area contributed by atoms with Gasteiger partial charge in [-0.25, -0.2) is 8.42 Å². The van der Waals surface area contributed by atoms with Gasteiger partial charge < -0.3 is 9.73 Å². The van der Waals surface area contributed by atoms with Gasteiger partial charge in [-0.15, -0.1) is 0 Å². The predicted octanol–water partition coefficient (Wildman–Crippen LogP) is 2.49. The zero-order valence-electron chi connectivity index (χ0n) is 11.6. The van der Waals surface area contributed by atoms with Crippen molar-refractivity contribution in [1.29, 1.82) is 0 Å². The molecular weight excluding hydrogens is 344 g/mol. The number of hydrogen-bond acceptors (Lipinski definition) is 4. The van der Waals surface area contributed by atoms with E-state index in [2.05, 4.69) is 21.2 Å². The minimum Gasteiger partial charge on any atom is -0.452 e. The molecule has 20 heavy (non-hydrogen) atoms. The monoisotopic (exact) mass is 362 g/mol. The minimum absolute atomic E-state index is 0.207. The number of furan rings is 1. The van der Waals surface area contributed by atoms with Gasteiger partial charge >= 0.3 is 0 Å². The summed E-state index contributed by atoms with van der Waals surface area (Å²) in [6.45, 7) is 6.27. The lowest BCUT2D eigenvalue weighted by molar-refractivity contribution is 0.427. The summed E-state index contributed by atoms with van der Waals surface area (Å²) in [5, 5.41) is 3.11. The fourth-order valence-electron chi connectivity index (χ4n) is 2.02. The maximum Gasteiger partial charge on any atom is 0.247 e. The van der Waals surface area contributed by atoms with Crippen LogP contribution in [0.1, 0.15) is 26.0 Å².